The second-order valence-electron chi connectivity index (χ2n) is 5.32. The molecule has 0 saturated heterocycles. The van der Waals surface area contributed by atoms with Crippen LogP contribution in [0.3, 0.4) is 0 Å². The van der Waals surface area contributed by atoms with Crippen molar-refractivity contribution < 1.29 is 31.1 Å². The standard InChI is InChI=1S/C16H12F6N2O2/c17-15(18,19)10-2-1-3-12(8-10)23-13(25)6-7-24-9-11(16(20,21)22)4-5-14(24)26/h1-5,8-9H,6-7H2,(H,23,25). The van der Waals surface area contributed by atoms with E-state index in [0.29, 0.717) is 16.8 Å². The van der Waals surface area contributed by atoms with Gasteiger partial charge in [-0.1, -0.05) is 6.07 Å². The van der Waals surface area contributed by atoms with E-state index in [1.54, 1.807) is 0 Å². The number of rotatable bonds is 4. The largest absolute Gasteiger partial charge is 0.417 e. The van der Waals surface area contributed by atoms with Gasteiger partial charge in [0.15, 0.2) is 0 Å². The van der Waals surface area contributed by atoms with E-state index in [1.807, 2.05) is 0 Å². The van der Waals surface area contributed by atoms with Crippen LogP contribution in [0, 0.1) is 0 Å². The lowest BCUT2D eigenvalue weighted by molar-refractivity contribution is -0.138. The molecular formula is C16H12F6N2O2. The van der Waals surface area contributed by atoms with Crippen LogP contribution in [0.2, 0.25) is 0 Å². The van der Waals surface area contributed by atoms with Gasteiger partial charge in [0.1, 0.15) is 0 Å². The minimum atomic E-state index is -4.64. The van der Waals surface area contributed by atoms with Crippen molar-refractivity contribution in [3.8, 4) is 0 Å². The van der Waals surface area contributed by atoms with Gasteiger partial charge in [0.2, 0.25) is 5.91 Å². The summed E-state index contributed by atoms with van der Waals surface area (Å²) in [4.78, 5) is 23.4. The molecule has 0 atom stereocenters. The van der Waals surface area contributed by atoms with E-state index in [2.05, 4.69) is 5.32 Å². The molecule has 26 heavy (non-hydrogen) atoms. The van der Waals surface area contributed by atoms with Crippen LogP contribution in [0.25, 0.3) is 0 Å². The second kappa shape index (κ2) is 7.22. The zero-order valence-corrected chi connectivity index (χ0v) is 13.0. The number of amides is 1. The number of pyridine rings is 1. The summed E-state index contributed by atoms with van der Waals surface area (Å²) in [5, 5.41) is 2.21. The van der Waals surface area contributed by atoms with Crippen molar-refractivity contribution in [2.24, 2.45) is 0 Å². The predicted octanol–water partition coefficient (Wildman–Crippen LogP) is 3.91. The zero-order valence-electron chi connectivity index (χ0n) is 13.0. The molecule has 0 aliphatic rings. The summed E-state index contributed by atoms with van der Waals surface area (Å²) >= 11 is 0. The molecule has 0 unspecified atom stereocenters. The van der Waals surface area contributed by atoms with E-state index in [9.17, 15) is 35.9 Å². The number of hydrogen-bond acceptors (Lipinski definition) is 2. The number of aromatic nitrogens is 1. The van der Waals surface area contributed by atoms with Gasteiger partial charge in [-0.05, 0) is 24.3 Å². The Hall–Kier alpha value is -2.78. The van der Waals surface area contributed by atoms with Gasteiger partial charge in [-0.15, -0.1) is 0 Å². The smallest absolute Gasteiger partial charge is 0.326 e. The third kappa shape index (κ3) is 5.11. The molecular weight excluding hydrogens is 366 g/mol. The fourth-order valence-electron chi connectivity index (χ4n) is 2.09. The number of carbonyl (C=O) groups excluding carboxylic acids is 1. The quantitative estimate of drug-likeness (QED) is 0.820. The van der Waals surface area contributed by atoms with Gasteiger partial charge in [-0.2, -0.15) is 26.3 Å². The molecule has 1 aromatic carbocycles. The molecule has 1 amide bonds. The maximum atomic E-state index is 12.6. The monoisotopic (exact) mass is 378 g/mol. The number of carbonyl (C=O) groups is 1. The summed E-state index contributed by atoms with van der Waals surface area (Å²) < 4.78 is 76.4. The molecule has 0 saturated carbocycles. The molecule has 140 valence electrons. The highest BCUT2D eigenvalue weighted by atomic mass is 19.4. The van der Waals surface area contributed by atoms with Crippen LogP contribution in [-0.4, -0.2) is 10.5 Å². The second-order valence-corrected chi connectivity index (χ2v) is 5.32. The van der Waals surface area contributed by atoms with Crippen molar-refractivity contribution in [3.63, 3.8) is 0 Å². The van der Waals surface area contributed by atoms with Gasteiger partial charge >= 0.3 is 12.4 Å². The Morgan fingerprint density at radius 3 is 2.23 bits per heavy atom. The number of halogens is 6. The molecule has 4 nitrogen and oxygen atoms in total. The van der Waals surface area contributed by atoms with Gasteiger partial charge in [0.25, 0.3) is 5.56 Å². The Morgan fingerprint density at radius 2 is 1.62 bits per heavy atom. The van der Waals surface area contributed by atoms with E-state index in [4.69, 9.17) is 0 Å². The summed E-state index contributed by atoms with van der Waals surface area (Å²) in [5.74, 6) is -0.742. The van der Waals surface area contributed by atoms with E-state index in [0.717, 1.165) is 24.3 Å². The van der Waals surface area contributed by atoms with Crippen LogP contribution < -0.4 is 10.9 Å². The zero-order chi connectivity index (χ0) is 19.5. The highest BCUT2D eigenvalue weighted by molar-refractivity contribution is 5.90. The molecule has 1 heterocycles. The third-order valence-corrected chi connectivity index (χ3v) is 3.36. The summed E-state index contributed by atoms with van der Waals surface area (Å²) in [5.41, 5.74) is -2.84. The molecule has 1 aromatic heterocycles. The molecule has 0 radical (unpaired) electrons. The summed E-state index contributed by atoms with van der Waals surface area (Å²) in [6, 6.07) is 5.26. The first kappa shape index (κ1) is 19.5. The van der Waals surface area contributed by atoms with Crippen molar-refractivity contribution in [3.05, 3.63) is 64.1 Å². The summed E-state index contributed by atoms with van der Waals surface area (Å²) in [6.45, 7) is -0.354. The van der Waals surface area contributed by atoms with Gasteiger partial charge in [0.05, 0.1) is 11.1 Å². The number of benzene rings is 1. The highest BCUT2D eigenvalue weighted by Crippen LogP contribution is 2.30. The van der Waals surface area contributed by atoms with Crippen molar-refractivity contribution in [1.82, 2.24) is 4.57 Å². The Labute approximate surface area is 143 Å². The molecule has 0 aliphatic carbocycles. The average Bonchev–Trinajstić information content (AvgIpc) is 2.52. The molecule has 2 rings (SSSR count). The third-order valence-electron chi connectivity index (χ3n) is 3.36. The molecule has 10 heteroatoms. The van der Waals surface area contributed by atoms with Gasteiger partial charge in [-0.3, -0.25) is 9.59 Å². The van der Waals surface area contributed by atoms with Crippen molar-refractivity contribution in [2.75, 3.05) is 5.32 Å². The number of nitrogens with one attached hydrogen (secondary N) is 1. The molecule has 0 bridgehead atoms. The predicted molar refractivity (Wildman–Crippen MR) is 80.4 cm³/mol. The van der Waals surface area contributed by atoms with Crippen molar-refractivity contribution in [1.29, 1.82) is 0 Å². The first-order valence-corrected chi connectivity index (χ1v) is 7.21. The molecule has 0 fully saturated rings. The van der Waals surface area contributed by atoms with Crippen molar-refractivity contribution in [2.45, 2.75) is 25.3 Å². The van der Waals surface area contributed by atoms with Gasteiger partial charge in [-0.25, -0.2) is 0 Å². The van der Waals surface area contributed by atoms with E-state index >= 15 is 0 Å². The summed E-state index contributed by atoms with van der Waals surface area (Å²) in [6.07, 6.45) is -9.03. The molecule has 2 aromatic rings. The van der Waals surface area contributed by atoms with E-state index in [1.165, 1.54) is 6.07 Å². The SMILES string of the molecule is O=C(CCn1cc(C(F)(F)F)ccc1=O)Nc1cccc(C(F)(F)F)c1. The van der Waals surface area contributed by atoms with Crippen LogP contribution >= 0.6 is 0 Å². The Kier molecular flexibility index (Phi) is 5.43. The molecule has 0 spiro atoms. The normalized spacial score (nSPS) is 12.1. The number of anilines is 1. The van der Waals surface area contributed by atoms with Crippen LogP contribution in [0.1, 0.15) is 17.5 Å². The van der Waals surface area contributed by atoms with E-state index in [-0.39, 0.29) is 12.2 Å². The van der Waals surface area contributed by atoms with Crippen LogP contribution in [0.5, 0.6) is 0 Å². The Balaban J connectivity index is 2.05. The number of aryl methyl sites for hydroxylation is 1. The topological polar surface area (TPSA) is 51.1 Å². The van der Waals surface area contributed by atoms with Crippen LogP contribution in [-0.2, 0) is 23.7 Å². The lowest BCUT2D eigenvalue weighted by atomic mass is 10.2. The molecule has 1 N–H and O–H groups in total. The first-order valence-electron chi connectivity index (χ1n) is 7.21. The maximum Gasteiger partial charge on any atom is 0.417 e. The maximum absolute atomic E-state index is 12.6. The van der Waals surface area contributed by atoms with Gasteiger partial charge in [0, 0.05) is 30.9 Å². The van der Waals surface area contributed by atoms with Crippen molar-refractivity contribution >= 4 is 11.6 Å². The van der Waals surface area contributed by atoms with Gasteiger partial charge < -0.3 is 9.88 Å². The molecule has 0 aliphatic heterocycles. The van der Waals surface area contributed by atoms with E-state index < -0.39 is 41.4 Å². The number of nitrogens with zero attached hydrogens (tertiary/aromatic N) is 1. The Morgan fingerprint density at radius 1 is 0.962 bits per heavy atom. The first-order chi connectivity index (χ1) is 12.0. The highest BCUT2D eigenvalue weighted by Gasteiger charge is 2.31. The fourth-order valence-corrected chi connectivity index (χ4v) is 2.09. The average molecular weight is 378 g/mol. The minimum absolute atomic E-state index is 0.110. The van der Waals surface area contributed by atoms with Crippen LogP contribution in [0.15, 0.2) is 47.4 Å². The Bertz CT molecular complexity index is 855. The minimum Gasteiger partial charge on any atom is -0.326 e. The lowest BCUT2D eigenvalue weighted by Gasteiger charge is -2.12. The fraction of sp³-hybridized carbons (Fsp3) is 0.250. The number of alkyl halides is 6. The van der Waals surface area contributed by atoms with Crippen LogP contribution in [0.4, 0.5) is 32.0 Å². The number of hydrogen-bond donors (Lipinski definition) is 1. The summed E-state index contributed by atoms with van der Waals surface area (Å²) in [7, 11) is 0. The lowest BCUT2D eigenvalue weighted by Crippen LogP contribution is -2.24.